The van der Waals surface area contributed by atoms with Gasteiger partial charge in [0.25, 0.3) is 0 Å². The fourth-order valence-corrected chi connectivity index (χ4v) is 2.15. The topological polar surface area (TPSA) is 42.9 Å². The van der Waals surface area contributed by atoms with Gasteiger partial charge < -0.3 is 0 Å². The Morgan fingerprint density at radius 1 is 0.950 bits per heavy atom. The average molecular weight is 264 g/mol. The summed E-state index contributed by atoms with van der Waals surface area (Å²) in [5.74, 6) is -0.769. The number of Topliss-reactive ketones (excluding diaryl/α,β-unsaturated/α-hetero) is 1. The van der Waals surface area contributed by atoms with Gasteiger partial charge in [0.2, 0.25) is 0 Å². The number of carbonyl (C=O) groups is 1. The van der Waals surface area contributed by atoms with Crippen LogP contribution in [0, 0.1) is 0 Å². The summed E-state index contributed by atoms with van der Waals surface area (Å²) in [6.45, 7) is 7.54. The van der Waals surface area contributed by atoms with E-state index in [9.17, 15) is 4.79 Å². The zero-order valence-electron chi connectivity index (χ0n) is 11.1. The fraction of sp³-hybridized carbons (Fsp3) is 0.118. The Bertz CT molecular complexity index is 539. The van der Waals surface area contributed by atoms with Crippen molar-refractivity contribution in [3.8, 4) is 0 Å². The van der Waals surface area contributed by atoms with Crippen LogP contribution in [0.5, 0.6) is 0 Å². The first-order valence-electron chi connectivity index (χ1n) is 6.36. The van der Waals surface area contributed by atoms with Crippen molar-refractivity contribution in [2.75, 3.05) is 0 Å². The molecule has 20 heavy (non-hydrogen) atoms. The van der Waals surface area contributed by atoms with Gasteiger partial charge in [0, 0.05) is 24.8 Å². The van der Waals surface area contributed by atoms with Gasteiger partial charge in [-0.3, -0.25) is 14.8 Å². The monoisotopic (exact) mass is 264 g/mol. The van der Waals surface area contributed by atoms with E-state index in [1.807, 2.05) is 24.3 Å². The molecule has 0 aliphatic rings. The summed E-state index contributed by atoms with van der Waals surface area (Å²) in [5, 5.41) is 0. The largest absolute Gasteiger partial charge is 0.298 e. The van der Waals surface area contributed by atoms with Gasteiger partial charge in [0.05, 0.1) is 11.8 Å². The SMILES string of the molecule is C=CC(C(=O)C(C=C)c1cccnc1)c1cccnc1. The molecule has 0 radical (unpaired) electrons. The minimum absolute atomic E-state index is 0.0241. The molecular weight excluding hydrogens is 248 g/mol. The second-order valence-electron chi connectivity index (χ2n) is 4.40. The number of rotatable bonds is 6. The van der Waals surface area contributed by atoms with Crippen molar-refractivity contribution >= 4 is 5.78 Å². The van der Waals surface area contributed by atoms with E-state index in [1.165, 1.54) is 0 Å². The van der Waals surface area contributed by atoms with Crippen molar-refractivity contribution in [3.05, 3.63) is 85.5 Å². The molecule has 0 N–H and O–H groups in total. The van der Waals surface area contributed by atoms with Crippen LogP contribution in [0.2, 0.25) is 0 Å². The molecule has 0 spiro atoms. The van der Waals surface area contributed by atoms with E-state index >= 15 is 0 Å². The van der Waals surface area contributed by atoms with Crippen molar-refractivity contribution in [3.63, 3.8) is 0 Å². The van der Waals surface area contributed by atoms with Gasteiger partial charge in [-0.15, -0.1) is 13.2 Å². The normalized spacial score (nSPS) is 13.2. The van der Waals surface area contributed by atoms with Crippen LogP contribution in [0.15, 0.2) is 74.4 Å². The quantitative estimate of drug-likeness (QED) is 0.752. The highest BCUT2D eigenvalue weighted by molar-refractivity contribution is 5.94. The number of nitrogens with zero attached hydrogens (tertiary/aromatic N) is 2. The number of aromatic nitrogens is 2. The van der Waals surface area contributed by atoms with Crippen molar-refractivity contribution in [1.29, 1.82) is 0 Å². The third kappa shape index (κ3) is 2.88. The summed E-state index contributed by atoms with van der Waals surface area (Å²) >= 11 is 0. The van der Waals surface area contributed by atoms with Crippen LogP contribution in [-0.2, 0) is 4.79 Å². The number of carbonyl (C=O) groups excluding carboxylic acids is 1. The summed E-state index contributed by atoms with van der Waals surface area (Å²) in [6.07, 6.45) is 10.0. The molecule has 2 aromatic heterocycles. The molecule has 2 heterocycles. The highest BCUT2D eigenvalue weighted by atomic mass is 16.1. The zero-order chi connectivity index (χ0) is 14.4. The molecule has 0 amide bonds. The van der Waals surface area contributed by atoms with Gasteiger partial charge in [-0.25, -0.2) is 0 Å². The first-order chi connectivity index (χ1) is 9.77. The van der Waals surface area contributed by atoms with E-state index in [1.54, 1.807) is 36.9 Å². The van der Waals surface area contributed by atoms with Crippen molar-refractivity contribution in [1.82, 2.24) is 9.97 Å². The third-order valence-corrected chi connectivity index (χ3v) is 3.17. The van der Waals surface area contributed by atoms with Crippen molar-refractivity contribution < 1.29 is 4.79 Å². The Balaban J connectivity index is 2.32. The van der Waals surface area contributed by atoms with Gasteiger partial charge >= 0.3 is 0 Å². The lowest BCUT2D eigenvalue weighted by Crippen LogP contribution is -2.18. The predicted octanol–water partition coefficient (Wildman–Crippen LogP) is 3.29. The lowest BCUT2D eigenvalue weighted by Gasteiger charge is -2.17. The molecule has 2 rings (SSSR count). The Morgan fingerprint density at radius 3 is 1.70 bits per heavy atom. The van der Waals surface area contributed by atoms with E-state index in [0.29, 0.717) is 0 Å². The second-order valence-corrected chi connectivity index (χ2v) is 4.40. The molecule has 0 saturated carbocycles. The zero-order valence-corrected chi connectivity index (χ0v) is 11.1. The Labute approximate surface area is 118 Å². The maximum atomic E-state index is 12.7. The van der Waals surface area contributed by atoms with Gasteiger partial charge in [-0.05, 0) is 23.3 Å². The Morgan fingerprint density at radius 2 is 1.40 bits per heavy atom. The molecule has 0 bridgehead atoms. The molecule has 0 aliphatic carbocycles. The maximum absolute atomic E-state index is 12.7. The maximum Gasteiger partial charge on any atom is 0.155 e. The molecular formula is C17H16N2O. The van der Waals surface area contributed by atoms with E-state index in [-0.39, 0.29) is 5.78 Å². The first kappa shape index (κ1) is 13.9. The molecule has 2 atom stereocenters. The smallest absolute Gasteiger partial charge is 0.155 e. The van der Waals surface area contributed by atoms with Crippen molar-refractivity contribution in [2.24, 2.45) is 0 Å². The summed E-state index contributed by atoms with van der Waals surface area (Å²) in [6, 6.07) is 7.37. The molecule has 0 fully saturated rings. The Hall–Kier alpha value is -2.55. The van der Waals surface area contributed by atoms with Gasteiger partial charge in [0.15, 0.2) is 5.78 Å². The van der Waals surface area contributed by atoms with Gasteiger partial charge in [-0.1, -0.05) is 24.3 Å². The molecule has 2 aromatic rings. The Kier molecular flexibility index (Phi) is 4.56. The molecule has 0 saturated heterocycles. The van der Waals surface area contributed by atoms with Crippen LogP contribution < -0.4 is 0 Å². The van der Waals surface area contributed by atoms with E-state index in [4.69, 9.17) is 0 Å². The minimum Gasteiger partial charge on any atom is -0.298 e. The molecule has 3 nitrogen and oxygen atoms in total. The summed E-state index contributed by atoms with van der Waals surface area (Å²) in [7, 11) is 0. The molecule has 100 valence electrons. The number of ketones is 1. The van der Waals surface area contributed by atoms with Crippen LogP contribution >= 0.6 is 0 Å². The van der Waals surface area contributed by atoms with Crippen LogP contribution in [0.1, 0.15) is 23.0 Å². The summed E-state index contributed by atoms with van der Waals surface area (Å²) in [4.78, 5) is 20.8. The molecule has 0 aliphatic heterocycles. The molecule has 0 aromatic carbocycles. The van der Waals surface area contributed by atoms with Crippen LogP contribution in [0.4, 0.5) is 0 Å². The number of hydrogen-bond donors (Lipinski definition) is 0. The predicted molar refractivity (Wildman–Crippen MR) is 79.4 cm³/mol. The van der Waals surface area contributed by atoms with E-state index < -0.39 is 11.8 Å². The number of hydrogen-bond acceptors (Lipinski definition) is 3. The average Bonchev–Trinajstić information content (AvgIpc) is 2.51. The minimum atomic E-state index is -0.396. The number of allylic oxidation sites excluding steroid dienone is 2. The number of pyridine rings is 2. The standard InChI is InChI=1S/C17H16N2O/c1-3-15(13-7-5-9-18-11-13)17(20)16(4-2)14-8-6-10-19-12-14/h3-12,15-16H,1-2H2. The third-order valence-electron chi connectivity index (χ3n) is 3.17. The van der Waals surface area contributed by atoms with E-state index in [0.717, 1.165) is 11.1 Å². The fourth-order valence-electron chi connectivity index (χ4n) is 2.15. The van der Waals surface area contributed by atoms with Gasteiger partial charge in [-0.2, -0.15) is 0 Å². The summed E-state index contributed by atoms with van der Waals surface area (Å²) < 4.78 is 0. The highest BCUT2D eigenvalue weighted by Crippen LogP contribution is 2.27. The lowest BCUT2D eigenvalue weighted by molar-refractivity contribution is -0.120. The molecule has 2 unspecified atom stereocenters. The van der Waals surface area contributed by atoms with Crippen LogP contribution in [-0.4, -0.2) is 15.8 Å². The van der Waals surface area contributed by atoms with Gasteiger partial charge in [0.1, 0.15) is 0 Å². The van der Waals surface area contributed by atoms with Crippen LogP contribution in [0.3, 0.4) is 0 Å². The van der Waals surface area contributed by atoms with Crippen molar-refractivity contribution in [2.45, 2.75) is 11.8 Å². The summed E-state index contributed by atoms with van der Waals surface area (Å²) in [5.41, 5.74) is 1.67. The first-order valence-corrected chi connectivity index (χ1v) is 6.36. The lowest BCUT2D eigenvalue weighted by atomic mass is 9.85. The second kappa shape index (κ2) is 6.57. The van der Waals surface area contributed by atoms with E-state index in [2.05, 4.69) is 23.1 Å². The van der Waals surface area contributed by atoms with Crippen LogP contribution in [0.25, 0.3) is 0 Å². The highest BCUT2D eigenvalue weighted by Gasteiger charge is 2.25. The molecule has 3 heteroatoms.